The van der Waals surface area contributed by atoms with E-state index in [4.69, 9.17) is 0 Å². The van der Waals surface area contributed by atoms with Crippen LogP contribution in [-0.4, -0.2) is 4.98 Å². The van der Waals surface area contributed by atoms with E-state index in [0.717, 1.165) is 0 Å². The largest absolute Gasteiger partial charge is 0.280 e. The maximum Gasteiger partial charge on any atom is 0.280 e. The third-order valence-corrected chi connectivity index (χ3v) is 2.57. The summed E-state index contributed by atoms with van der Waals surface area (Å²) in [4.78, 5) is 3.73. The maximum absolute atomic E-state index is 12.6. The average molecular weight is 199 g/mol. The summed E-state index contributed by atoms with van der Waals surface area (Å²) >= 11 is 0. The molecule has 1 aromatic rings. The van der Waals surface area contributed by atoms with E-state index in [2.05, 4.69) is 4.98 Å². The van der Waals surface area contributed by atoms with Crippen molar-refractivity contribution in [3.63, 3.8) is 0 Å². The Balaban J connectivity index is 3.06. The van der Waals surface area contributed by atoms with Crippen LogP contribution in [0.5, 0.6) is 0 Å². The van der Waals surface area contributed by atoms with Gasteiger partial charge in [-0.05, 0) is 23.5 Å². The van der Waals surface area contributed by atoms with Crippen molar-refractivity contribution in [3.8, 4) is 0 Å². The number of nitrogens with zero attached hydrogens (tertiary/aromatic N) is 1. The fraction of sp³-hybridized carbons (Fsp3) is 0.545. The monoisotopic (exact) mass is 199 g/mol. The molecule has 0 N–H and O–H groups in total. The van der Waals surface area contributed by atoms with Gasteiger partial charge >= 0.3 is 0 Å². The summed E-state index contributed by atoms with van der Waals surface area (Å²) in [6.07, 6.45) is -1.06. The number of pyridine rings is 1. The summed E-state index contributed by atoms with van der Waals surface area (Å²) in [6, 6.07) is 3.44. The minimum Gasteiger partial charge on any atom is -0.255 e. The van der Waals surface area contributed by atoms with Crippen LogP contribution in [0.4, 0.5) is 8.78 Å². The Kier molecular flexibility index (Phi) is 3.55. The standard InChI is InChI=1S/C11H15F2N/c1-7(2)8(3)9-5-4-6-14-10(9)11(12)13/h4-8,11H,1-3H3. The van der Waals surface area contributed by atoms with Gasteiger partial charge in [0.05, 0.1) is 0 Å². The van der Waals surface area contributed by atoms with E-state index in [1.807, 2.05) is 20.8 Å². The van der Waals surface area contributed by atoms with E-state index in [1.165, 1.54) is 6.20 Å². The molecule has 0 aromatic carbocycles. The lowest BCUT2D eigenvalue weighted by Crippen LogP contribution is -2.07. The summed E-state index contributed by atoms with van der Waals surface area (Å²) in [5.74, 6) is 0.462. The van der Waals surface area contributed by atoms with Crippen LogP contribution in [0.15, 0.2) is 18.3 Å². The Morgan fingerprint density at radius 3 is 2.36 bits per heavy atom. The second kappa shape index (κ2) is 4.49. The summed E-state index contributed by atoms with van der Waals surface area (Å²) in [6.45, 7) is 5.99. The van der Waals surface area contributed by atoms with Crippen LogP contribution >= 0.6 is 0 Å². The molecule has 1 aromatic heterocycles. The van der Waals surface area contributed by atoms with Gasteiger partial charge in [0, 0.05) is 6.20 Å². The van der Waals surface area contributed by atoms with Crippen molar-refractivity contribution in [2.24, 2.45) is 5.92 Å². The van der Waals surface area contributed by atoms with Crippen LogP contribution in [0.1, 0.15) is 44.4 Å². The molecule has 1 atom stereocenters. The van der Waals surface area contributed by atoms with Crippen LogP contribution < -0.4 is 0 Å². The predicted octanol–water partition coefficient (Wildman–Crippen LogP) is 3.78. The molecule has 3 heteroatoms. The van der Waals surface area contributed by atoms with Crippen LogP contribution in [-0.2, 0) is 0 Å². The molecule has 1 heterocycles. The summed E-state index contributed by atoms with van der Waals surface area (Å²) < 4.78 is 25.2. The third kappa shape index (κ3) is 2.28. The van der Waals surface area contributed by atoms with Crippen molar-refractivity contribution in [3.05, 3.63) is 29.6 Å². The molecule has 0 fully saturated rings. The number of halogens is 2. The van der Waals surface area contributed by atoms with E-state index in [1.54, 1.807) is 12.1 Å². The zero-order valence-electron chi connectivity index (χ0n) is 8.67. The Hall–Kier alpha value is -0.990. The average Bonchev–Trinajstić information content (AvgIpc) is 2.16. The molecule has 0 bridgehead atoms. The fourth-order valence-electron chi connectivity index (χ4n) is 1.36. The number of aromatic nitrogens is 1. The normalized spacial score (nSPS) is 13.6. The number of alkyl halides is 2. The molecule has 78 valence electrons. The van der Waals surface area contributed by atoms with E-state index < -0.39 is 6.43 Å². The topological polar surface area (TPSA) is 12.9 Å². The van der Waals surface area contributed by atoms with Gasteiger partial charge in [0.2, 0.25) is 0 Å². The Morgan fingerprint density at radius 2 is 1.86 bits per heavy atom. The van der Waals surface area contributed by atoms with Gasteiger partial charge in [-0.1, -0.05) is 26.8 Å². The summed E-state index contributed by atoms with van der Waals surface area (Å²) in [5.41, 5.74) is 0.589. The lowest BCUT2D eigenvalue weighted by Gasteiger charge is -2.18. The van der Waals surface area contributed by atoms with E-state index in [0.29, 0.717) is 11.5 Å². The predicted molar refractivity (Wildman–Crippen MR) is 52.4 cm³/mol. The molecule has 0 saturated carbocycles. The van der Waals surface area contributed by atoms with E-state index in [-0.39, 0.29) is 11.6 Å². The van der Waals surface area contributed by atoms with Gasteiger partial charge in [-0.15, -0.1) is 0 Å². The quantitative estimate of drug-likeness (QED) is 0.721. The minimum absolute atomic E-state index is 0.0753. The number of rotatable bonds is 3. The molecule has 14 heavy (non-hydrogen) atoms. The first-order valence-electron chi connectivity index (χ1n) is 4.77. The highest BCUT2D eigenvalue weighted by Gasteiger charge is 2.19. The van der Waals surface area contributed by atoms with Crippen molar-refractivity contribution in [1.82, 2.24) is 4.98 Å². The van der Waals surface area contributed by atoms with Gasteiger partial charge in [-0.25, -0.2) is 8.78 Å². The maximum atomic E-state index is 12.6. The highest BCUT2D eigenvalue weighted by atomic mass is 19.3. The lowest BCUT2D eigenvalue weighted by atomic mass is 9.89. The smallest absolute Gasteiger partial charge is 0.255 e. The van der Waals surface area contributed by atoms with E-state index >= 15 is 0 Å². The third-order valence-electron chi connectivity index (χ3n) is 2.57. The van der Waals surface area contributed by atoms with Gasteiger partial charge in [-0.2, -0.15) is 0 Å². The highest BCUT2D eigenvalue weighted by molar-refractivity contribution is 5.24. The first kappa shape index (κ1) is 11.1. The van der Waals surface area contributed by atoms with Crippen LogP contribution in [0, 0.1) is 5.92 Å². The number of hydrogen-bond donors (Lipinski definition) is 0. The fourth-order valence-corrected chi connectivity index (χ4v) is 1.36. The zero-order valence-corrected chi connectivity index (χ0v) is 8.67. The minimum atomic E-state index is -2.48. The van der Waals surface area contributed by atoms with Gasteiger partial charge in [-0.3, -0.25) is 4.98 Å². The van der Waals surface area contributed by atoms with Crippen LogP contribution in [0.3, 0.4) is 0 Å². The zero-order chi connectivity index (χ0) is 10.7. The Bertz CT molecular complexity index is 297. The van der Waals surface area contributed by atoms with Gasteiger partial charge in [0.1, 0.15) is 5.69 Å². The molecule has 0 radical (unpaired) electrons. The lowest BCUT2D eigenvalue weighted by molar-refractivity contribution is 0.144. The molecule has 1 nitrogen and oxygen atoms in total. The van der Waals surface area contributed by atoms with Crippen molar-refractivity contribution in [2.45, 2.75) is 33.1 Å². The molecular weight excluding hydrogens is 184 g/mol. The second-order valence-electron chi connectivity index (χ2n) is 3.81. The van der Waals surface area contributed by atoms with Crippen LogP contribution in [0.25, 0.3) is 0 Å². The molecule has 0 aliphatic rings. The molecule has 0 amide bonds. The molecule has 0 aliphatic carbocycles. The SMILES string of the molecule is CC(C)C(C)c1cccnc1C(F)F. The van der Waals surface area contributed by atoms with Gasteiger partial charge in [0.25, 0.3) is 6.43 Å². The van der Waals surface area contributed by atoms with Crippen molar-refractivity contribution in [1.29, 1.82) is 0 Å². The van der Waals surface area contributed by atoms with Crippen molar-refractivity contribution < 1.29 is 8.78 Å². The second-order valence-corrected chi connectivity index (χ2v) is 3.81. The molecule has 0 saturated heterocycles. The first-order chi connectivity index (χ1) is 6.54. The Morgan fingerprint density at radius 1 is 1.21 bits per heavy atom. The molecular formula is C11H15F2N. The summed E-state index contributed by atoms with van der Waals surface area (Å²) in [7, 11) is 0. The molecule has 1 unspecified atom stereocenters. The Labute approximate surface area is 83.2 Å². The van der Waals surface area contributed by atoms with Crippen LogP contribution in [0.2, 0.25) is 0 Å². The van der Waals surface area contributed by atoms with Crippen molar-refractivity contribution >= 4 is 0 Å². The highest BCUT2D eigenvalue weighted by Crippen LogP contribution is 2.30. The van der Waals surface area contributed by atoms with Crippen molar-refractivity contribution in [2.75, 3.05) is 0 Å². The van der Waals surface area contributed by atoms with E-state index in [9.17, 15) is 8.78 Å². The molecule has 0 aliphatic heterocycles. The van der Waals surface area contributed by atoms with Gasteiger partial charge < -0.3 is 0 Å². The van der Waals surface area contributed by atoms with Gasteiger partial charge in [0.15, 0.2) is 0 Å². The first-order valence-corrected chi connectivity index (χ1v) is 4.77. The molecule has 0 spiro atoms. The molecule has 1 rings (SSSR count). The number of hydrogen-bond acceptors (Lipinski definition) is 1. The summed E-state index contributed by atoms with van der Waals surface area (Å²) in [5, 5.41) is 0.